The summed E-state index contributed by atoms with van der Waals surface area (Å²) in [5, 5.41) is 9.58. The summed E-state index contributed by atoms with van der Waals surface area (Å²) in [5.74, 6) is 1.71. The van der Waals surface area contributed by atoms with E-state index in [1.165, 1.54) is 24.1 Å². The zero-order chi connectivity index (χ0) is 28.2. The Morgan fingerprint density at radius 3 is 2.54 bits per heavy atom. The van der Waals surface area contributed by atoms with Crippen LogP contribution in [0.25, 0.3) is 17.1 Å². The molecule has 11 heteroatoms. The molecule has 208 valence electrons. The third-order valence-corrected chi connectivity index (χ3v) is 7.75. The van der Waals surface area contributed by atoms with Crippen molar-refractivity contribution in [3.63, 3.8) is 0 Å². The summed E-state index contributed by atoms with van der Waals surface area (Å²) >= 11 is 1.42. The van der Waals surface area contributed by atoms with Crippen molar-refractivity contribution in [1.29, 1.82) is 0 Å². The molecule has 3 aromatic carbocycles. The lowest BCUT2D eigenvalue weighted by Gasteiger charge is -2.35. The first-order chi connectivity index (χ1) is 20.1. The van der Waals surface area contributed by atoms with Crippen molar-refractivity contribution >= 4 is 23.4 Å². The highest BCUT2D eigenvalue weighted by atomic mass is 32.2. The average Bonchev–Trinajstić information content (AvgIpc) is 3.68. The molecule has 0 unspecified atom stereocenters. The van der Waals surface area contributed by atoms with Gasteiger partial charge in [-0.3, -0.25) is 9.36 Å². The third-order valence-electron chi connectivity index (χ3n) is 6.83. The molecule has 0 aliphatic carbocycles. The zero-order valence-corrected chi connectivity index (χ0v) is 23.1. The van der Waals surface area contributed by atoms with E-state index in [0.717, 1.165) is 17.0 Å². The van der Waals surface area contributed by atoms with Gasteiger partial charge in [-0.05, 0) is 36.4 Å². The van der Waals surface area contributed by atoms with Crippen molar-refractivity contribution in [3.05, 3.63) is 103 Å². The predicted molar refractivity (Wildman–Crippen MR) is 154 cm³/mol. The van der Waals surface area contributed by atoms with Gasteiger partial charge in [-0.2, -0.15) is 0 Å². The number of hydrogen-bond donors (Lipinski definition) is 0. The van der Waals surface area contributed by atoms with Gasteiger partial charge in [0.25, 0.3) is 5.91 Å². The molecule has 1 fully saturated rings. The monoisotopic (exact) mass is 570 g/mol. The molecule has 0 radical (unpaired) electrons. The smallest absolute Gasteiger partial charge is 0.275 e. The van der Waals surface area contributed by atoms with Crippen LogP contribution in [0.2, 0.25) is 0 Å². The molecule has 1 aliphatic heterocycles. The SMILES string of the molecule is COc1cccc(-c2nnc(SCc3nc(C(=O)N4CCN(c5ccccc5F)CC4)co3)n2-c2ccccc2)c1. The van der Waals surface area contributed by atoms with E-state index in [4.69, 9.17) is 9.15 Å². The highest BCUT2D eigenvalue weighted by molar-refractivity contribution is 7.98. The van der Waals surface area contributed by atoms with E-state index in [-0.39, 0.29) is 17.4 Å². The zero-order valence-electron chi connectivity index (χ0n) is 22.3. The molecule has 2 aromatic heterocycles. The minimum Gasteiger partial charge on any atom is -0.497 e. The number of anilines is 1. The maximum atomic E-state index is 14.2. The summed E-state index contributed by atoms with van der Waals surface area (Å²) in [6.07, 6.45) is 1.39. The minimum atomic E-state index is -0.260. The van der Waals surface area contributed by atoms with Crippen LogP contribution in [0.1, 0.15) is 16.4 Å². The van der Waals surface area contributed by atoms with Crippen LogP contribution in [0.4, 0.5) is 10.1 Å². The number of aromatic nitrogens is 4. The van der Waals surface area contributed by atoms with Gasteiger partial charge in [0.1, 0.15) is 17.8 Å². The first-order valence-electron chi connectivity index (χ1n) is 13.1. The molecule has 3 heterocycles. The van der Waals surface area contributed by atoms with Gasteiger partial charge in [0.15, 0.2) is 16.7 Å². The molecule has 0 atom stereocenters. The number of nitrogens with zero attached hydrogens (tertiary/aromatic N) is 6. The molecular weight excluding hydrogens is 543 g/mol. The highest BCUT2D eigenvalue weighted by Crippen LogP contribution is 2.31. The van der Waals surface area contributed by atoms with Crippen LogP contribution >= 0.6 is 11.8 Å². The van der Waals surface area contributed by atoms with E-state index in [2.05, 4.69) is 15.2 Å². The van der Waals surface area contributed by atoms with Crippen LogP contribution in [0, 0.1) is 5.82 Å². The maximum Gasteiger partial charge on any atom is 0.275 e. The van der Waals surface area contributed by atoms with Crippen molar-refractivity contribution in [2.24, 2.45) is 0 Å². The van der Waals surface area contributed by atoms with Gasteiger partial charge < -0.3 is 19.0 Å². The number of ether oxygens (including phenoxy) is 1. The number of oxazole rings is 1. The van der Waals surface area contributed by atoms with Gasteiger partial charge in [0.2, 0.25) is 5.89 Å². The van der Waals surface area contributed by atoms with Crippen LogP contribution in [0.5, 0.6) is 5.75 Å². The molecule has 41 heavy (non-hydrogen) atoms. The Hall–Kier alpha value is -4.64. The highest BCUT2D eigenvalue weighted by Gasteiger charge is 2.26. The quantitative estimate of drug-likeness (QED) is 0.232. The summed E-state index contributed by atoms with van der Waals surface area (Å²) in [6.45, 7) is 2.02. The number of amides is 1. The summed E-state index contributed by atoms with van der Waals surface area (Å²) in [6, 6.07) is 24.2. The Balaban J connectivity index is 1.15. The largest absolute Gasteiger partial charge is 0.497 e. The van der Waals surface area contributed by atoms with Crippen molar-refractivity contribution in [1.82, 2.24) is 24.6 Å². The summed E-state index contributed by atoms with van der Waals surface area (Å²) in [4.78, 5) is 21.2. The summed E-state index contributed by atoms with van der Waals surface area (Å²) in [5.41, 5.74) is 2.59. The van der Waals surface area contributed by atoms with Crippen molar-refractivity contribution < 1.29 is 18.3 Å². The molecule has 1 saturated heterocycles. The van der Waals surface area contributed by atoms with Gasteiger partial charge >= 0.3 is 0 Å². The molecule has 6 rings (SSSR count). The Morgan fingerprint density at radius 2 is 1.76 bits per heavy atom. The molecule has 1 amide bonds. The molecule has 0 saturated carbocycles. The number of piperazine rings is 1. The van der Waals surface area contributed by atoms with E-state index in [1.807, 2.05) is 70.1 Å². The second kappa shape index (κ2) is 11.8. The summed E-state index contributed by atoms with van der Waals surface area (Å²) < 4.78 is 27.2. The second-order valence-electron chi connectivity index (χ2n) is 9.35. The van der Waals surface area contributed by atoms with Gasteiger partial charge in [-0.15, -0.1) is 10.2 Å². The van der Waals surface area contributed by atoms with E-state index in [0.29, 0.717) is 54.5 Å². The standard InChI is InChI=1S/C30H27FN6O3S/c1-39-23-11-7-8-21(18-23)28-33-34-30(37(28)22-9-3-2-4-10-22)41-20-27-32-25(19-40-27)29(38)36-16-14-35(15-17-36)26-13-6-5-12-24(26)31/h2-13,18-19H,14-17,20H2,1H3. The Labute approximate surface area is 240 Å². The fraction of sp³-hybridized carbons (Fsp3) is 0.200. The van der Waals surface area contributed by atoms with Crippen molar-refractivity contribution in [3.8, 4) is 22.8 Å². The molecule has 1 aliphatic rings. The second-order valence-corrected chi connectivity index (χ2v) is 10.3. The molecular formula is C30H27FN6O3S. The van der Waals surface area contributed by atoms with Gasteiger partial charge in [-0.1, -0.05) is 54.2 Å². The van der Waals surface area contributed by atoms with Gasteiger partial charge in [0, 0.05) is 37.4 Å². The van der Waals surface area contributed by atoms with E-state index in [1.54, 1.807) is 24.1 Å². The molecule has 9 nitrogen and oxygen atoms in total. The molecule has 5 aromatic rings. The van der Waals surface area contributed by atoms with Crippen molar-refractivity contribution in [2.75, 3.05) is 38.2 Å². The topological polar surface area (TPSA) is 89.5 Å². The van der Waals surface area contributed by atoms with Crippen LogP contribution in [-0.4, -0.2) is 63.8 Å². The minimum absolute atomic E-state index is 0.203. The number of thioether (sulfide) groups is 1. The van der Waals surface area contributed by atoms with E-state index in [9.17, 15) is 9.18 Å². The Morgan fingerprint density at radius 1 is 0.976 bits per heavy atom. The van der Waals surface area contributed by atoms with Crippen LogP contribution in [0.3, 0.4) is 0 Å². The lowest BCUT2D eigenvalue weighted by Crippen LogP contribution is -2.49. The van der Waals surface area contributed by atoms with Crippen LogP contribution in [-0.2, 0) is 5.75 Å². The summed E-state index contributed by atoms with van der Waals surface area (Å²) in [7, 11) is 1.63. The lowest BCUT2D eigenvalue weighted by molar-refractivity contribution is 0.0740. The number of carbonyl (C=O) groups excluding carboxylic acids is 1. The number of benzene rings is 3. The predicted octanol–water partition coefficient (Wildman–Crippen LogP) is 5.32. The number of carbonyl (C=O) groups is 1. The first-order valence-corrected chi connectivity index (χ1v) is 14.1. The Bertz CT molecular complexity index is 1650. The number of hydrogen-bond acceptors (Lipinski definition) is 8. The third kappa shape index (κ3) is 5.66. The number of rotatable bonds is 8. The normalized spacial score (nSPS) is 13.4. The fourth-order valence-corrected chi connectivity index (χ4v) is 5.55. The molecule has 0 N–H and O–H groups in total. The fourth-order valence-electron chi connectivity index (χ4n) is 4.74. The van der Waals surface area contributed by atoms with Crippen LogP contribution < -0.4 is 9.64 Å². The van der Waals surface area contributed by atoms with E-state index >= 15 is 0 Å². The van der Waals surface area contributed by atoms with Gasteiger partial charge in [0.05, 0.1) is 18.6 Å². The molecule has 0 spiro atoms. The maximum absolute atomic E-state index is 14.2. The number of para-hydroxylation sites is 2. The number of halogens is 1. The Kier molecular flexibility index (Phi) is 7.68. The van der Waals surface area contributed by atoms with Gasteiger partial charge in [-0.25, -0.2) is 9.37 Å². The average molecular weight is 571 g/mol. The number of methoxy groups -OCH3 is 1. The first kappa shape index (κ1) is 26.6. The molecule has 0 bridgehead atoms. The van der Waals surface area contributed by atoms with E-state index < -0.39 is 0 Å². The van der Waals surface area contributed by atoms with Crippen LogP contribution in [0.15, 0.2) is 94.7 Å². The van der Waals surface area contributed by atoms with Crippen molar-refractivity contribution in [2.45, 2.75) is 10.9 Å². The lowest BCUT2D eigenvalue weighted by atomic mass is 10.2.